The first-order valence-corrected chi connectivity index (χ1v) is 5.89. The van der Waals surface area contributed by atoms with E-state index < -0.39 is 61.4 Å². The fraction of sp³-hybridized carbons (Fsp3) is 1.00. The lowest BCUT2D eigenvalue weighted by Gasteiger charge is -2.33. The summed E-state index contributed by atoms with van der Waals surface area (Å²) in [5.74, 6) is -13.9. The maximum atomic E-state index is 13.1. The van der Waals surface area contributed by atoms with E-state index in [9.17, 15) is 61.5 Å². The van der Waals surface area contributed by atoms with Gasteiger partial charge in [-0.25, -0.2) is 35.1 Å². The van der Waals surface area contributed by atoms with Gasteiger partial charge in [0.1, 0.15) is 0 Å². The molecule has 0 amide bonds. The molecule has 0 saturated heterocycles. The summed E-state index contributed by atoms with van der Waals surface area (Å²) in [6, 6.07) is 0. The van der Waals surface area contributed by atoms with Crippen LogP contribution in [0.5, 0.6) is 0 Å². The molecule has 0 aromatic carbocycles. The molecule has 0 aliphatic rings. The van der Waals surface area contributed by atoms with Gasteiger partial charge in [-0.2, -0.15) is 26.3 Å². The zero-order chi connectivity index (χ0) is 20.5. The standard InChI is InChI=1S/C10H8F14O/c11-1(3(13)5(15)7(17)18)2(12)4(14)6(16)8(19,20)9(21,22)10(23,24)25/h1-7,25H. The Bertz CT molecular complexity index is 422. The van der Waals surface area contributed by atoms with Crippen molar-refractivity contribution in [1.29, 1.82) is 0 Å². The molecular weight excluding hydrogens is 402 g/mol. The first-order valence-electron chi connectivity index (χ1n) is 5.89. The monoisotopic (exact) mass is 410 g/mol. The summed E-state index contributed by atoms with van der Waals surface area (Å²) < 4.78 is 176. The Morgan fingerprint density at radius 3 is 1.16 bits per heavy atom. The van der Waals surface area contributed by atoms with Crippen molar-refractivity contribution >= 4 is 0 Å². The van der Waals surface area contributed by atoms with Crippen LogP contribution < -0.4 is 0 Å². The van der Waals surface area contributed by atoms with Gasteiger partial charge in [0.2, 0.25) is 6.17 Å². The molecule has 152 valence electrons. The predicted octanol–water partition coefficient (Wildman–Crippen LogP) is 4.14. The van der Waals surface area contributed by atoms with Crippen molar-refractivity contribution in [2.24, 2.45) is 0 Å². The highest BCUT2D eigenvalue weighted by Gasteiger charge is 2.76. The van der Waals surface area contributed by atoms with Crippen LogP contribution in [0, 0.1) is 0 Å². The Balaban J connectivity index is 5.42. The molecular formula is C10H8F14O. The van der Waals surface area contributed by atoms with Crippen molar-refractivity contribution in [1.82, 2.24) is 0 Å². The second-order valence-corrected chi connectivity index (χ2v) is 4.70. The van der Waals surface area contributed by atoms with Gasteiger partial charge in [0.15, 0.2) is 30.9 Å². The molecule has 1 N–H and O–H groups in total. The smallest absolute Gasteiger partial charge is 0.331 e. The molecule has 0 saturated carbocycles. The Kier molecular flexibility index (Phi) is 7.38. The molecule has 0 bridgehead atoms. The molecule has 6 unspecified atom stereocenters. The highest BCUT2D eigenvalue weighted by molar-refractivity contribution is 5.01. The maximum Gasteiger partial charge on any atom is 0.423 e. The van der Waals surface area contributed by atoms with Crippen molar-refractivity contribution in [3.63, 3.8) is 0 Å². The third kappa shape index (κ3) is 4.58. The van der Waals surface area contributed by atoms with Crippen molar-refractivity contribution in [3.8, 4) is 0 Å². The van der Waals surface area contributed by atoms with E-state index in [1.807, 2.05) is 0 Å². The van der Waals surface area contributed by atoms with Crippen molar-refractivity contribution in [3.05, 3.63) is 0 Å². The molecule has 1 nitrogen and oxygen atoms in total. The van der Waals surface area contributed by atoms with Gasteiger partial charge < -0.3 is 5.11 Å². The second kappa shape index (κ2) is 7.70. The van der Waals surface area contributed by atoms with Crippen LogP contribution in [0.4, 0.5) is 61.5 Å². The summed E-state index contributed by atoms with van der Waals surface area (Å²) in [5, 5.41) is 7.57. The molecule has 0 aliphatic heterocycles. The van der Waals surface area contributed by atoms with Gasteiger partial charge in [-0.1, -0.05) is 0 Å². The highest BCUT2D eigenvalue weighted by atomic mass is 19.4. The quantitative estimate of drug-likeness (QED) is 0.567. The van der Waals surface area contributed by atoms with Gasteiger partial charge in [-0.05, 0) is 0 Å². The Morgan fingerprint density at radius 1 is 0.520 bits per heavy atom. The van der Waals surface area contributed by atoms with E-state index in [-0.39, 0.29) is 0 Å². The van der Waals surface area contributed by atoms with Crippen LogP contribution in [0.3, 0.4) is 0 Å². The summed E-state index contributed by atoms with van der Waals surface area (Å²) in [6.07, 6.45) is -38.3. The number of rotatable bonds is 9. The minimum Gasteiger partial charge on any atom is -0.331 e. The van der Waals surface area contributed by atoms with Crippen LogP contribution in [0.25, 0.3) is 0 Å². The molecule has 0 heterocycles. The van der Waals surface area contributed by atoms with Gasteiger partial charge in [-0.15, -0.1) is 0 Å². The maximum absolute atomic E-state index is 13.1. The fourth-order valence-electron chi connectivity index (χ4n) is 1.40. The van der Waals surface area contributed by atoms with Gasteiger partial charge in [0.05, 0.1) is 0 Å². The fourth-order valence-corrected chi connectivity index (χ4v) is 1.40. The van der Waals surface area contributed by atoms with Crippen LogP contribution in [0.15, 0.2) is 0 Å². The zero-order valence-corrected chi connectivity index (χ0v) is 11.3. The molecule has 6 atom stereocenters. The first-order chi connectivity index (χ1) is 10.9. The van der Waals surface area contributed by atoms with E-state index in [0.717, 1.165) is 0 Å². The summed E-state index contributed by atoms with van der Waals surface area (Å²) in [5.41, 5.74) is 0. The topological polar surface area (TPSA) is 20.2 Å². The lowest BCUT2D eigenvalue weighted by molar-refractivity contribution is -0.395. The van der Waals surface area contributed by atoms with Crippen molar-refractivity contribution in [2.75, 3.05) is 0 Å². The largest absolute Gasteiger partial charge is 0.423 e. The summed E-state index contributed by atoms with van der Waals surface area (Å²) >= 11 is 0. The van der Waals surface area contributed by atoms with E-state index in [1.54, 1.807) is 0 Å². The lowest BCUT2D eigenvalue weighted by atomic mass is 9.95. The molecule has 0 radical (unpaired) electrons. The molecule has 0 spiro atoms. The number of hydrogen-bond acceptors (Lipinski definition) is 1. The first kappa shape index (κ1) is 24.0. The number of halogens is 14. The highest BCUT2D eigenvalue weighted by Crippen LogP contribution is 2.48. The van der Waals surface area contributed by atoms with Crippen LogP contribution in [-0.2, 0) is 0 Å². The Hall–Kier alpha value is -1.02. The molecule has 15 heteroatoms. The summed E-state index contributed by atoms with van der Waals surface area (Å²) in [7, 11) is 0. The van der Waals surface area contributed by atoms with Crippen LogP contribution in [-0.4, -0.2) is 66.5 Å². The average Bonchev–Trinajstić information content (AvgIpc) is 2.48. The predicted molar refractivity (Wildman–Crippen MR) is 52.4 cm³/mol. The SMILES string of the molecule is OC(F)(F)C(F)(F)C(F)(F)C(F)C(F)C(F)C(F)C(F)C(F)C(F)F. The van der Waals surface area contributed by atoms with E-state index >= 15 is 0 Å². The summed E-state index contributed by atoms with van der Waals surface area (Å²) in [4.78, 5) is 0. The molecule has 0 aliphatic carbocycles. The summed E-state index contributed by atoms with van der Waals surface area (Å²) in [6.45, 7) is 0. The minimum atomic E-state index is -7.02. The number of alkyl halides is 14. The van der Waals surface area contributed by atoms with Crippen LogP contribution >= 0.6 is 0 Å². The van der Waals surface area contributed by atoms with Crippen LogP contribution in [0.2, 0.25) is 0 Å². The molecule has 0 fully saturated rings. The van der Waals surface area contributed by atoms with E-state index in [1.165, 1.54) is 0 Å². The molecule has 0 aromatic rings. The van der Waals surface area contributed by atoms with E-state index in [2.05, 4.69) is 0 Å². The van der Waals surface area contributed by atoms with Gasteiger partial charge in [-0.3, -0.25) is 0 Å². The third-order valence-electron chi connectivity index (χ3n) is 2.88. The zero-order valence-electron chi connectivity index (χ0n) is 11.3. The number of aliphatic hydroxyl groups is 1. The van der Waals surface area contributed by atoms with E-state index in [0.29, 0.717) is 0 Å². The average molecular weight is 410 g/mol. The second-order valence-electron chi connectivity index (χ2n) is 4.70. The lowest BCUT2D eigenvalue weighted by Crippen LogP contribution is -2.61. The molecule has 25 heavy (non-hydrogen) atoms. The van der Waals surface area contributed by atoms with Crippen LogP contribution in [0.1, 0.15) is 0 Å². The van der Waals surface area contributed by atoms with Gasteiger partial charge in [0.25, 0.3) is 6.43 Å². The number of hydrogen-bond donors (Lipinski definition) is 1. The Morgan fingerprint density at radius 2 is 0.840 bits per heavy atom. The van der Waals surface area contributed by atoms with Crippen molar-refractivity contribution in [2.45, 2.75) is 61.4 Å². The Labute approximate surface area is 129 Å². The normalized spacial score (nSPS) is 21.6. The van der Waals surface area contributed by atoms with Crippen molar-refractivity contribution < 1.29 is 66.6 Å². The molecule has 0 rings (SSSR count). The van der Waals surface area contributed by atoms with Gasteiger partial charge >= 0.3 is 18.0 Å². The minimum absolute atomic E-state index is 4.11. The van der Waals surface area contributed by atoms with E-state index in [4.69, 9.17) is 5.11 Å². The molecule has 0 aromatic heterocycles. The van der Waals surface area contributed by atoms with Gasteiger partial charge in [0, 0.05) is 0 Å². The third-order valence-corrected chi connectivity index (χ3v) is 2.88.